The van der Waals surface area contributed by atoms with Gasteiger partial charge in [0.2, 0.25) is 0 Å². The number of carbonyl (C=O) groups is 2. The van der Waals surface area contributed by atoms with Gasteiger partial charge in [-0.1, -0.05) is 72.8 Å². The number of amides is 1. The standard InChI is InChI=1S/C36H39N3O5/c1-24(40)44-23-31(21-26-9-12-28(13-10-26)35(37)38)32(19-11-25-7-5-4-6-8-25)39-36(41)29-16-14-27(15-17-29)30-18-20-33(42-2)34(22-30)43-3/h4-10,12-18,20,22,31-32H,11,19,21,23H2,1-3H3,(H3,37,38)(H,39,41). The summed E-state index contributed by atoms with van der Waals surface area (Å²) in [4.78, 5) is 25.4. The van der Waals surface area contributed by atoms with E-state index in [0.29, 0.717) is 35.5 Å². The topological polar surface area (TPSA) is 124 Å². The number of nitrogens with one attached hydrogen (secondary N) is 2. The van der Waals surface area contributed by atoms with E-state index >= 15 is 0 Å². The summed E-state index contributed by atoms with van der Waals surface area (Å²) in [5, 5.41) is 10.9. The predicted molar refractivity (Wildman–Crippen MR) is 172 cm³/mol. The second-order valence-corrected chi connectivity index (χ2v) is 10.6. The first-order valence-corrected chi connectivity index (χ1v) is 14.5. The molecule has 4 rings (SSSR count). The van der Waals surface area contributed by atoms with Crippen molar-refractivity contribution in [3.8, 4) is 22.6 Å². The molecule has 0 spiro atoms. The first-order valence-electron chi connectivity index (χ1n) is 14.5. The highest BCUT2D eigenvalue weighted by Crippen LogP contribution is 2.32. The van der Waals surface area contributed by atoms with Gasteiger partial charge < -0.3 is 25.3 Å². The Morgan fingerprint density at radius 2 is 1.43 bits per heavy atom. The number of carbonyl (C=O) groups excluding carboxylic acids is 2. The molecule has 0 aromatic heterocycles. The summed E-state index contributed by atoms with van der Waals surface area (Å²) in [6.45, 7) is 1.54. The Morgan fingerprint density at radius 3 is 2.05 bits per heavy atom. The molecule has 0 bridgehead atoms. The van der Waals surface area contributed by atoms with Crippen LogP contribution in [0.2, 0.25) is 0 Å². The summed E-state index contributed by atoms with van der Waals surface area (Å²) in [5.74, 6) is 0.496. The van der Waals surface area contributed by atoms with Crippen molar-refractivity contribution in [3.05, 3.63) is 119 Å². The largest absolute Gasteiger partial charge is 0.493 e. The molecule has 4 aromatic rings. The van der Waals surface area contributed by atoms with Gasteiger partial charge in [-0.2, -0.15) is 0 Å². The van der Waals surface area contributed by atoms with Crippen LogP contribution >= 0.6 is 0 Å². The number of aryl methyl sites for hydroxylation is 1. The highest BCUT2D eigenvalue weighted by Gasteiger charge is 2.26. The lowest BCUT2D eigenvalue weighted by Gasteiger charge is -2.28. The summed E-state index contributed by atoms with van der Waals surface area (Å²) >= 11 is 0. The molecule has 0 fully saturated rings. The molecule has 0 aliphatic rings. The minimum Gasteiger partial charge on any atom is -0.493 e. The number of esters is 1. The fraction of sp³-hybridized carbons (Fsp3) is 0.250. The zero-order valence-corrected chi connectivity index (χ0v) is 25.3. The molecule has 228 valence electrons. The van der Waals surface area contributed by atoms with E-state index < -0.39 is 0 Å². The second kappa shape index (κ2) is 15.4. The van der Waals surface area contributed by atoms with Crippen molar-refractivity contribution in [1.29, 1.82) is 5.41 Å². The Bertz CT molecular complexity index is 1550. The number of rotatable bonds is 14. The number of nitrogens with two attached hydrogens (primary N) is 1. The molecule has 0 radical (unpaired) electrons. The zero-order chi connectivity index (χ0) is 31.5. The van der Waals surface area contributed by atoms with Gasteiger partial charge in [0.25, 0.3) is 5.91 Å². The fourth-order valence-corrected chi connectivity index (χ4v) is 5.14. The molecule has 0 saturated carbocycles. The van der Waals surface area contributed by atoms with E-state index in [1.54, 1.807) is 38.5 Å². The highest BCUT2D eigenvalue weighted by atomic mass is 16.5. The van der Waals surface area contributed by atoms with Crippen molar-refractivity contribution in [2.45, 2.75) is 32.2 Å². The van der Waals surface area contributed by atoms with E-state index in [4.69, 9.17) is 25.4 Å². The Labute approximate surface area is 258 Å². The Hall–Kier alpha value is -5.11. The molecule has 4 aromatic carbocycles. The molecular weight excluding hydrogens is 554 g/mol. The molecule has 0 heterocycles. The molecule has 0 aliphatic carbocycles. The normalized spacial score (nSPS) is 12.1. The lowest BCUT2D eigenvalue weighted by atomic mass is 9.88. The number of hydrogen-bond acceptors (Lipinski definition) is 6. The minimum absolute atomic E-state index is 0.00170. The van der Waals surface area contributed by atoms with Gasteiger partial charge in [-0.05, 0) is 65.8 Å². The molecule has 2 atom stereocenters. The number of amidine groups is 1. The van der Waals surface area contributed by atoms with Crippen molar-refractivity contribution in [1.82, 2.24) is 5.32 Å². The first-order chi connectivity index (χ1) is 21.3. The SMILES string of the molecule is COc1ccc(-c2ccc(C(=O)NC(CCc3ccccc3)C(COC(C)=O)Cc3ccc(C(=N)N)cc3)cc2)cc1OC. The molecule has 2 unspecified atom stereocenters. The number of benzene rings is 4. The van der Waals surface area contributed by atoms with Crippen LogP contribution in [0.4, 0.5) is 0 Å². The summed E-state index contributed by atoms with van der Waals surface area (Å²) < 4.78 is 16.3. The van der Waals surface area contributed by atoms with Crippen LogP contribution in [0.25, 0.3) is 11.1 Å². The third kappa shape index (κ3) is 8.70. The van der Waals surface area contributed by atoms with Crippen LogP contribution in [-0.4, -0.2) is 44.6 Å². The van der Waals surface area contributed by atoms with Gasteiger partial charge in [0.15, 0.2) is 11.5 Å². The van der Waals surface area contributed by atoms with Crippen molar-refractivity contribution in [2.24, 2.45) is 11.7 Å². The van der Waals surface area contributed by atoms with E-state index in [-0.39, 0.29) is 36.3 Å². The maximum atomic E-state index is 13.6. The van der Waals surface area contributed by atoms with Gasteiger partial charge in [0.05, 0.1) is 20.8 Å². The summed E-state index contributed by atoms with van der Waals surface area (Å²) in [6.07, 6.45) is 1.95. The Balaban J connectivity index is 1.57. The fourth-order valence-electron chi connectivity index (χ4n) is 5.14. The van der Waals surface area contributed by atoms with Crippen LogP contribution in [0.1, 0.15) is 40.4 Å². The summed E-state index contributed by atoms with van der Waals surface area (Å²) in [5.41, 5.74) is 10.8. The third-order valence-electron chi connectivity index (χ3n) is 7.60. The Kier molecular flexibility index (Phi) is 11.1. The molecule has 0 aliphatic heterocycles. The maximum absolute atomic E-state index is 13.6. The summed E-state index contributed by atoms with van der Waals surface area (Å²) in [7, 11) is 3.19. The molecule has 4 N–H and O–H groups in total. The predicted octanol–water partition coefficient (Wildman–Crippen LogP) is 5.81. The van der Waals surface area contributed by atoms with E-state index in [2.05, 4.69) is 17.4 Å². The van der Waals surface area contributed by atoms with Gasteiger partial charge in [-0.15, -0.1) is 0 Å². The van der Waals surface area contributed by atoms with Crippen molar-refractivity contribution in [3.63, 3.8) is 0 Å². The van der Waals surface area contributed by atoms with Gasteiger partial charge in [-0.25, -0.2) is 0 Å². The van der Waals surface area contributed by atoms with Crippen molar-refractivity contribution < 1.29 is 23.8 Å². The monoisotopic (exact) mass is 593 g/mol. The third-order valence-corrected chi connectivity index (χ3v) is 7.60. The van der Waals surface area contributed by atoms with Crippen LogP contribution in [0.15, 0.2) is 97.1 Å². The van der Waals surface area contributed by atoms with Crippen LogP contribution < -0.4 is 20.5 Å². The van der Waals surface area contributed by atoms with Gasteiger partial charge in [0.1, 0.15) is 5.84 Å². The van der Waals surface area contributed by atoms with Gasteiger partial charge >= 0.3 is 5.97 Å². The van der Waals surface area contributed by atoms with E-state index in [1.807, 2.05) is 60.7 Å². The van der Waals surface area contributed by atoms with Crippen LogP contribution in [-0.2, 0) is 22.4 Å². The Morgan fingerprint density at radius 1 is 0.795 bits per heavy atom. The maximum Gasteiger partial charge on any atom is 0.302 e. The zero-order valence-electron chi connectivity index (χ0n) is 25.3. The van der Waals surface area contributed by atoms with Crippen LogP contribution in [0, 0.1) is 11.3 Å². The molecule has 1 amide bonds. The van der Waals surface area contributed by atoms with Gasteiger partial charge in [-0.3, -0.25) is 15.0 Å². The number of ether oxygens (including phenoxy) is 3. The minimum atomic E-state index is -0.374. The van der Waals surface area contributed by atoms with E-state index in [9.17, 15) is 9.59 Å². The molecule has 8 nitrogen and oxygen atoms in total. The second-order valence-electron chi connectivity index (χ2n) is 10.6. The summed E-state index contributed by atoms with van der Waals surface area (Å²) in [6, 6.07) is 30.3. The van der Waals surface area contributed by atoms with E-state index in [1.165, 1.54) is 6.92 Å². The highest BCUT2D eigenvalue weighted by molar-refractivity contribution is 5.95. The number of nitrogen functional groups attached to an aromatic ring is 1. The van der Waals surface area contributed by atoms with Crippen molar-refractivity contribution >= 4 is 17.7 Å². The lowest BCUT2D eigenvalue weighted by Crippen LogP contribution is -2.43. The smallest absolute Gasteiger partial charge is 0.302 e. The molecular formula is C36H39N3O5. The average Bonchev–Trinajstić information content (AvgIpc) is 3.05. The molecule has 8 heteroatoms. The van der Waals surface area contributed by atoms with E-state index in [0.717, 1.165) is 28.7 Å². The molecule has 44 heavy (non-hydrogen) atoms. The number of methoxy groups -OCH3 is 2. The average molecular weight is 594 g/mol. The number of hydrogen-bond donors (Lipinski definition) is 3. The van der Waals surface area contributed by atoms with Crippen LogP contribution in [0.5, 0.6) is 11.5 Å². The van der Waals surface area contributed by atoms with Crippen LogP contribution in [0.3, 0.4) is 0 Å². The van der Waals surface area contributed by atoms with Gasteiger partial charge in [0, 0.05) is 30.0 Å². The van der Waals surface area contributed by atoms with Crippen molar-refractivity contribution in [2.75, 3.05) is 20.8 Å². The quantitative estimate of drug-likeness (QED) is 0.0964. The molecule has 0 saturated heterocycles. The lowest BCUT2D eigenvalue weighted by molar-refractivity contribution is -0.142. The first kappa shape index (κ1) is 31.8.